The smallest absolute Gasteiger partial charge is 0.281 e. The summed E-state index contributed by atoms with van der Waals surface area (Å²) in [6.07, 6.45) is 1.24. The van der Waals surface area contributed by atoms with E-state index in [1.807, 2.05) is 0 Å². The van der Waals surface area contributed by atoms with Crippen molar-refractivity contribution in [3.05, 3.63) is 62.0 Å². The lowest BCUT2D eigenvalue weighted by Gasteiger charge is -2.06. The highest BCUT2D eigenvalue weighted by Crippen LogP contribution is 2.32. The van der Waals surface area contributed by atoms with Crippen molar-refractivity contribution in [2.45, 2.75) is 0 Å². The van der Waals surface area contributed by atoms with Gasteiger partial charge in [-0.3, -0.25) is 14.9 Å². The molecule has 3 aromatic rings. The van der Waals surface area contributed by atoms with E-state index in [4.69, 9.17) is 16.3 Å². The van der Waals surface area contributed by atoms with Crippen molar-refractivity contribution in [2.24, 2.45) is 5.10 Å². The predicted molar refractivity (Wildman–Crippen MR) is 103 cm³/mol. The third kappa shape index (κ3) is 3.99. The molecule has 1 aromatic heterocycles. The fourth-order valence-corrected chi connectivity index (χ4v) is 3.47. The Morgan fingerprint density at radius 2 is 2.15 bits per heavy atom. The molecule has 0 radical (unpaired) electrons. The molecule has 2 N–H and O–H groups in total. The van der Waals surface area contributed by atoms with Crippen LogP contribution in [-0.4, -0.2) is 29.3 Å². The summed E-state index contributed by atoms with van der Waals surface area (Å²) in [4.78, 5) is 22.9. The van der Waals surface area contributed by atoms with Crippen LogP contribution in [0, 0.1) is 10.1 Å². The van der Waals surface area contributed by atoms with Crippen molar-refractivity contribution in [3.8, 4) is 11.5 Å². The third-order valence-electron chi connectivity index (χ3n) is 3.59. The number of thiophene rings is 1. The Kier molecular flexibility index (Phi) is 5.24. The minimum Gasteiger partial charge on any atom is -0.504 e. The maximum absolute atomic E-state index is 12.2. The van der Waals surface area contributed by atoms with Crippen molar-refractivity contribution in [3.63, 3.8) is 0 Å². The highest BCUT2D eigenvalue weighted by Gasteiger charge is 2.13. The molecule has 2 aromatic carbocycles. The number of aromatic hydroxyl groups is 1. The molecule has 27 heavy (non-hydrogen) atoms. The Morgan fingerprint density at radius 1 is 1.37 bits per heavy atom. The summed E-state index contributed by atoms with van der Waals surface area (Å²) in [5.41, 5.74) is 2.57. The van der Waals surface area contributed by atoms with E-state index in [2.05, 4.69) is 10.5 Å². The number of hydrogen-bond donors (Lipinski definition) is 2. The zero-order valence-corrected chi connectivity index (χ0v) is 15.4. The number of carbonyl (C=O) groups is 1. The van der Waals surface area contributed by atoms with E-state index < -0.39 is 10.8 Å². The highest BCUT2D eigenvalue weighted by molar-refractivity contribution is 7.20. The molecule has 0 atom stereocenters. The van der Waals surface area contributed by atoms with Crippen LogP contribution in [-0.2, 0) is 0 Å². The Hall–Kier alpha value is -3.17. The van der Waals surface area contributed by atoms with Crippen LogP contribution in [0.4, 0.5) is 5.69 Å². The zero-order valence-electron chi connectivity index (χ0n) is 13.8. The van der Waals surface area contributed by atoms with Crippen LogP contribution in [0.2, 0.25) is 5.02 Å². The van der Waals surface area contributed by atoms with Crippen molar-refractivity contribution in [2.75, 3.05) is 7.11 Å². The molecule has 0 aliphatic carbocycles. The van der Waals surface area contributed by atoms with Gasteiger partial charge in [-0.25, -0.2) is 5.43 Å². The largest absolute Gasteiger partial charge is 0.504 e. The number of nitro benzene ring substituents is 1. The van der Waals surface area contributed by atoms with Crippen LogP contribution < -0.4 is 10.2 Å². The Balaban J connectivity index is 1.78. The summed E-state index contributed by atoms with van der Waals surface area (Å²) >= 11 is 7.12. The summed E-state index contributed by atoms with van der Waals surface area (Å²) < 4.78 is 5.74. The zero-order chi connectivity index (χ0) is 19.6. The van der Waals surface area contributed by atoms with Gasteiger partial charge in [0.2, 0.25) is 0 Å². The van der Waals surface area contributed by atoms with Crippen LogP contribution in [0.15, 0.2) is 41.5 Å². The quantitative estimate of drug-likeness (QED) is 0.379. The number of non-ortho nitro benzene ring substituents is 1. The molecule has 0 spiro atoms. The summed E-state index contributed by atoms with van der Waals surface area (Å²) in [7, 11) is 1.39. The number of methoxy groups -OCH3 is 1. The normalized spacial score (nSPS) is 11.0. The van der Waals surface area contributed by atoms with E-state index in [9.17, 15) is 20.0 Å². The molecule has 1 amide bonds. The minimum atomic E-state index is -0.493. The molecule has 0 aliphatic heterocycles. The molecular formula is C17H12ClN3O5S. The lowest BCUT2D eigenvalue weighted by Crippen LogP contribution is -2.16. The summed E-state index contributed by atoms with van der Waals surface area (Å²) in [5, 5.41) is 25.6. The van der Waals surface area contributed by atoms with Crippen LogP contribution in [0.5, 0.6) is 11.5 Å². The van der Waals surface area contributed by atoms with Gasteiger partial charge in [0.15, 0.2) is 11.5 Å². The fourth-order valence-electron chi connectivity index (χ4n) is 2.32. The molecule has 8 nitrogen and oxygen atoms in total. The van der Waals surface area contributed by atoms with Gasteiger partial charge in [0.05, 0.1) is 23.1 Å². The van der Waals surface area contributed by atoms with Gasteiger partial charge in [-0.2, -0.15) is 5.10 Å². The number of benzene rings is 2. The number of nitrogens with one attached hydrogen (secondary N) is 1. The van der Waals surface area contributed by atoms with E-state index in [1.165, 1.54) is 48.9 Å². The second-order valence-electron chi connectivity index (χ2n) is 5.33. The van der Waals surface area contributed by atoms with Gasteiger partial charge in [0.25, 0.3) is 11.6 Å². The molecule has 3 rings (SSSR count). The number of fused-ring (bicyclic) bond motifs is 1. The number of ether oxygens (including phenoxy) is 1. The SMILES string of the molecule is COc1cc(Cl)cc(C=NNC(=O)c2cc3cc([N+](=O)[O-])ccc3s2)c1O. The summed E-state index contributed by atoms with van der Waals surface area (Å²) in [5.74, 6) is -0.459. The topological polar surface area (TPSA) is 114 Å². The summed E-state index contributed by atoms with van der Waals surface area (Å²) in [6.45, 7) is 0. The fraction of sp³-hybridized carbons (Fsp3) is 0.0588. The Morgan fingerprint density at radius 3 is 2.85 bits per heavy atom. The van der Waals surface area contributed by atoms with Crippen molar-refractivity contribution in [1.29, 1.82) is 0 Å². The van der Waals surface area contributed by atoms with E-state index in [1.54, 1.807) is 12.1 Å². The number of hydrogen-bond acceptors (Lipinski definition) is 7. The number of amides is 1. The number of nitrogens with zero attached hydrogens (tertiary/aromatic N) is 2. The van der Waals surface area contributed by atoms with Gasteiger partial charge >= 0.3 is 0 Å². The first-order valence-electron chi connectivity index (χ1n) is 7.47. The third-order valence-corrected chi connectivity index (χ3v) is 4.93. The van der Waals surface area contributed by atoms with Gasteiger partial charge in [0, 0.05) is 38.9 Å². The van der Waals surface area contributed by atoms with Crippen LogP contribution >= 0.6 is 22.9 Å². The number of carbonyl (C=O) groups excluding carboxylic acids is 1. The molecule has 0 fully saturated rings. The van der Waals surface area contributed by atoms with E-state index in [0.29, 0.717) is 15.3 Å². The molecule has 1 heterocycles. The average Bonchev–Trinajstić information content (AvgIpc) is 3.07. The predicted octanol–water partition coefficient (Wildman–Crippen LogP) is 3.94. The molecule has 0 unspecified atom stereocenters. The second kappa shape index (κ2) is 7.60. The molecule has 0 saturated heterocycles. The van der Waals surface area contributed by atoms with Crippen LogP contribution in [0.3, 0.4) is 0 Å². The number of hydrazone groups is 1. The number of halogens is 1. The van der Waals surface area contributed by atoms with Gasteiger partial charge in [-0.1, -0.05) is 11.6 Å². The number of rotatable bonds is 5. The first-order valence-corrected chi connectivity index (χ1v) is 8.66. The molecule has 0 bridgehead atoms. The molecule has 0 saturated carbocycles. The maximum Gasteiger partial charge on any atom is 0.281 e. The molecular weight excluding hydrogens is 394 g/mol. The Labute approximate surface area is 161 Å². The summed E-state index contributed by atoms with van der Waals surface area (Å²) in [6, 6.07) is 8.85. The first kappa shape index (κ1) is 18.6. The van der Waals surface area contributed by atoms with Gasteiger partial charge in [0.1, 0.15) is 0 Å². The van der Waals surface area contributed by atoms with Gasteiger partial charge in [-0.15, -0.1) is 11.3 Å². The number of nitro groups is 1. The minimum absolute atomic E-state index is 0.0457. The second-order valence-corrected chi connectivity index (χ2v) is 6.86. The lowest BCUT2D eigenvalue weighted by atomic mass is 10.2. The monoisotopic (exact) mass is 405 g/mol. The van der Waals surface area contributed by atoms with E-state index in [-0.39, 0.29) is 22.7 Å². The molecule has 138 valence electrons. The van der Waals surface area contributed by atoms with Crippen molar-refractivity contribution in [1.82, 2.24) is 5.43 Å². The number of phenolic OH excluding ortho intramolecular Hbond substituents is 1. The first-order chi connectivity index (χ1) is 12.9. The van der Waals surface area contributed by atoms with E-state index >= 15 is 0 Å². The maximum atomic E-state index is 12.2. The average molecular weight is 406 g/mol. The van der Waals surface area contributed by atoms with Crippen molar-refractivity contribution >= 4 is 50.8 Å². The molecule has 10 heteroatoms. The Bertz CT molecular complexity index is 1080. The highest BCUT2D eigenvalue weighted by atomic mass is 35.5. The van der Waals surface area contributed by atoms with Crippen LogP contribution in [0.1, 0.15) is 15.2 Å². The van der Waals surface area contributed by atoms with Gasteiger partial charge < -0.3 is 9.84 Å². The number of phenols is 1. The molecule has 0 aliphatic rings. The van der Waals surface area contributed by atoms with Crippen molar-refractivity contribution < 1.29 is 19.6 Å². The standard InChI is InChI=1S/C17H12ClN3O5S/c1-26-13-7-11(18)4-10(16(13)22)8-19-20-17(23)15-6-9-5-12(21(24)25)2-3-14(9)27-15/h2-8,22H,1H3,(H,20,23). The lowest BCUT2D eigenvalue weighted by molar-refractivity contribution is -0.384. The van der Waals surface area contributed by atoms with E-state index in [0.717, 1.165) is 4.70 Å². The van der Waals surface area contributed by atoms with Crippen LogP contribution in [0.25, 0.3) is 10.1 Å². The van der Waals surface area contributed by atoms with Gasteiger partial charge in [-0.05, 0) is 18.2 Å².